The largest absolute Gasteiger partial charge is 0.330 e. The van der Waals surface area contributed by atoms with Crippen LogP contribution in [0.4, 0.5) is 4.39 Å². The Labute approximate surface area is 89.1 Å². The van der Waals surface area contributed by atoms with Crippen molar-refractivity contribution in [3.63, 3.8) is 0 Å². The summed E-state index contributed by atoms with van der Waals surface area (Å²) in [6.45, 7) is 2.54. The van der Waals surface area contributed by atoms with Crippen molar-refractivity contribution in [1.82, 2.24) is 0 Å². The normalized spacial score (nSPS) is 10.6. The summed E-state index contributed by atoms with van der Waals surface area (Å²) >= 11 is 5.79. The van der Waals surface area contributed by atoms with Crippen molar-refractivity contribution >= 4 is 11.6 Å². The quantitative estimate of drug-likeness (QED) is 0.768. The lowest BCUT2D eigenvalue weighted by atomic mass is 10.1. The number of rotatable bonds is 4. The first-order valence-corrected chi connectivity index (χ1v) is 5.17. The Bertz CT molecular complexity index is 312. The lowest BCUT2D eigenvalue weighted by Gasteiger charge is -2.05. The van der Waals surface area contributed by atoms with Gasteiger partial charge in [0.15, 0.2) is 0 Å². The van der Waals surface area contributed by atoms with Crippen LogP contribution in [0.15, 0.2) is 12.1 Å². The van der Waals surface area contributed by atoms with Crippen molar-refractivity contribution in [2.24, 2.45) is 5.73 Å². The molecular formula is C11H15ClFN. The summed E-state index contributed by atoms with van der Waals surface area (Å²) in [5.41, 5.74) is 7.03. The van der Waals surface area contributed by atoms with E-state index < -0.39 is 0 Å². The zero-order valence-corrected chi connectivity index (χ0v) is 9.07. The van der Waals surface area contributed by atoms with E-state index in [2.05, 4.69) is 0 Å². The van der Waals surface area contributed by atoms with Crippen molar-refractivity contribution in [3.05, 3.63) is 34.1 Å². The van der Waals surface area contributed by atoms with Crippen molar-refractivity contribution in [2.45, 2.75) is 26.2 Å². The second-order valence-electron chi connectivity index (χ2n) is 3.44. The Morgan fingerprint density at radius 1 is 1.36 bits per heavy atom. The summed E-state index contributed by atoms with van der Waals surface area (Å²) in [6.07, 6.45) is 2.59. The standard InChI is InChI=1S/C11H15ClFN/c1-8-6-9(4-2-3-5-14)11(13)7-10(8)12/h6-7H,2-5,14H2,1H3. The number of halogens is 2. The molecule has 0 radical (unpaired) electrons. The van der Waals surface area contributed by atoms with Gasteiger partial charge in [-0.2, -0.15) is 0 Å². The molecule has 0 spiro atoms. The lowest BCUT2D eigenvalue weighted by Crippen LogP contribution is -2.00. The third kappa shape index (κ3) is 2.96. The lowest BCUT2D eigenvalue weighted by molar-refractivity contribution is 0.600. The smallest absolute Gasteiger partial charge is 0.127 e. The van der Waals surface area contributed by atoms with Gasteiger partial charge in [-0.25, -0.2) is 4.39 Å². The highest BCUT2D eigenvalue weighted by atomic mass is 35.5. The third-order valence-corrected chi connectivity index (χ3v) is 2.64. The van der Waals surface area contributed by atoms with Crippen LogP contribution in [0.5, 0.6) is 0 Å². The fraction of sp³-hybridized carbons (Fsp3) is 0.455. The van der Waals surface area contributed by atoms with E-state index in [1.165, 1.54) is 6.07 Å². The summed E-state index contributed by atoms with van der Waals surface area (Å²) in [5.74, 6) is -0.211. The molecule has 0 atom stereocenters. The molecule has 1 aromatic carbocycles. The van der Waals surface area contributed by atoms with Crippen LogP contribution in [0.1, 0.15) is 24.0 Å². The molecule has 78 valence electrons. The van der Waals surface area contributed by atoms with Crippen molar-refractivity contribution in [3.8, 4) is 0 Å². The molecule has 14 heavy (non-hydrogen) atoms. The Balaban J connectivity index is 2.72. The van der Waals surface area contributed by atoms with E-state index in [0.29, 0.717) is 11.6 Å². The maximum Gasteiger partial charge on any atom is 0.127 e. The zero-order valence-electron chi connectivity index (χ0n) is 8.32. The molecule has 0 aromatic heterocycles. The summed E-state index contributed by atoms with van der Waals surface area (Å²) in [5, 5.41) is 0.491. The van der Waals surface area contributed by atoms with Gasteiger partial charge < -0.3 is 5.73 Å². The maximum atomic E-state index is 13.3. The van der Waals surface area contributed by atoms with Gasteiger partial charge >= 0.3 is 0 Å². The molecule has 1 rings (SSSR count). The zero-order chi connectivity index (χ0) is 10.6. The molecule has 0 fully saturated rings. The molecular weight excluding hydrogens is 201 g/mol. The highest BCUT2D eigenvalue weighted by Gasteiger charge is 2.05. The topological polar surface area (TPSA) is 26.0 Å². The molecule has 0 amide bonds. The van der Waals surface area contributed by atoms with Gasteiger partial charge in [0, 0.05) is 5.02 Å². The highest BCUT2D eigenvalue weighted by Crippen LogP contribution is 2.21. The molecule has 1 nitrogen and oxygen atoms in total. The molecule has 0 saturated carbocycles. The molecule has 3 heteroatoms. The van der Waals surface area contributed by atoms with Crippen LogP contribution < -0.4 is 5.73 Å². The maximum absolute atomic E-state index is 13.3. The van der Waals surface area contributed by atoms with Gasteiger partial charge in [0.25, 0.3) is 0 Å². The van der Waals surface area contributed by atoms with Gasteiger partial charge in [-0.15, -0.1) is 0 Å². The Morgan fingerprint density at radius 3 is 2.71 bits per heavy atom. The van der Waals surface area contributed by atoms with E-state index in [1.54, 1.807) is 0 Å². The monoisotopic (exact) mass is 215 g/mol. The molecule has 0 aliphatic heterocycles. The van der Waals surface area contributed by atoms with E-state index in [4.69, 9.17) is 17.3 Å². The van der Waals surface area contributed by atoms with Gasteiger partial charge in [-0.05, 0) is 49.9 Å². The minimum absolute atomic E-state index is 0.211. The van der Waals surface area contributed by atoms with E-state index in [9.17, 15) is 4.39 Å². The molecule has 0 unspecified atom stereocenters. The van der Waals surface area contributed by atoms with Gasteiger partial charge in [-0.1, -0.05) is 17.7 Å². The molecule has 0 bridgehead atoms. The summed E-state index contributed by atoms with van der Waals surface area (Å²) in [7, 11) is 0. The van der Waals surface area contributed by atoms with E-state index in [-0.39, 0.29) is 5.82 Å². The van der Waals surface area contributed by atoms with E-state index in [0.717, 1.165) is 30.4 Å². The molecule has 0 heterocycles. The van der Waals surface area contributed by atoms with Crippen LogP contribution >= 0.6 is 11.6 Å². The average Bonchev–Trinajstić information content (AvgIpc) is 2.14. The molecule has 0 saturated heterocycles. The number of hydrogen-bond acceptors (Lipinski definition) is 1. The predicted molar refractivity (Wildman–Crippen MR) is 58.1 cm³/mol. The summed E-state index contributed by atoms with van der Waals surface area (Å²) in [6, 6.07) is 3.20. The SMILES string of the molecule is Cc1cc(CCCCN)c(F)cc1Cl. The highest BCUT2D eigenvalue weighted by molar-refractivity contribution is 6.31. The van der Waals surface area contributed by atoms with Crippen LogP contribution in [0.25, 0.3) is 0 Å². The first-order chi connectivity index (χ1) is 6.65. The van der Waals surface area contributed by atoms with Crippen LogP contribution in [-0.4, -0.2) is 6.54 Å². The Hall–Kier alpha value is -0.600. The summed E-state index contributed by atoms with van der Waals surface area (Å²) < 4.78 is 13.3. The van der Waals surface area contributed by atoms with Crippen molar-refractivity contribution < 1.29 is 4.39 Å². The van der Waals surface area contributed by atoms with Gasteiger partial charge in [0.2, 0.25) is 0 Å². The number of unbranched alkanes of at least 4 members (excludes halogenated alkanes) is 1. The molecule has 2 N–H and O–H groups in total. The van der Waals surface area contributed by atoms with Crippen LogP contribution in [0.2, 0.25) is 5.02 Å². The first-order valence-electron chi connectivity index (χ1n) is 4.79. The Kier molecular flexibility index (Phi) is 4.36. The van der Waals surface area contributed by atoms with Crippen LogP contribution in [-0.2, 0) is 6.42 Å². The number of benzene rings is 1. The molecule has 1 aromatic rings. The predicted octanol–water partition coefficient (Wildman–Crippen LogP) is 3.07. The number of aryl methyl sites for hydroxylation is 2. The van der Waals surface area contributed by atoms with Gasteiger partial charge in [0.05, 0.1) is 0 Å². The van der Waals surface area contributed by atoms with Gasteiger partial charge in [0.1, 0.15) is 5.82 Å². The average molecular weight is 216 g/mol. The van der Waals surface area contributed by atoms with E-state index >= 15 is 0 Å². The number of nitrogens with two attached hydrogens (primary N) is 1. The third-order valence-electron chi connectivity index (χ3n) is 2.23. The fourth-order valence-corrected chi connectivity index (χ4v) is 1.52. The van der Waals surface area contributed by atoms with E-state index in [1.807, 2.05) is 13.0 Å². The minimum Gasteiger partial charge on any atom is -0.330 e. The molecule has 0 aliphatic carbocycles. The summed E-state index contributed by atoms with van der Waals surface area (Å²) in [4.78, 5) is 0. The van der Waals surface area contributed by atoms with Crippen LogP contribution in [0.3, 0.4) is 0 Å². The number of hydrogen-bond donors (Lipinski definition) is 1. The first kappa shape index (κ1) is 11.5. The van der Waals surface area contributed by atoms with Crippen molar-refractivity contribution in [1.29, 1.82) is 0 Å². The van der Waals surface area contributed by atoms with Crippen molar-refractivity contribution in [2.75, 3.05) is 6.54 Å². The second-order valence-corrected chi connectivity index (χ2v) is 3.85. The Morgan fingerprint density at radius 2 is 2.07 bits per heavy atom. The van der Waals surface area contributed by atoms with Crippen LogP contribution in [0, 0.1) is 12.7 Å². The van der Waals surface area contributed by atoms with Gasteiger partial charge in [-0.3, -0.25) is 0 Å². The minimum atomic E-state index is -0.211. The molecule has 0 aliphatic rings. The second kappa shape index (κ2) is 5.32. The fourth-order valence-electron chi connectivity index (χ4n) is 1.37.